The van der Waals surface area contributed by atoms with Crippen molar-refractivity contribution in [1.29, 1.82) is 0 Å². The molecule has 6 nitrogen and oxygen atoms in total. The molecule has 0 bridgehead atoms. The van der Waals surface area contributed by atoms with E-state index in [0.29, 0.717) is 57.5 Å². The number of anilines is 2. The third-order valence-electron chi connectivity index (χ3n) is 4.81. The summed E-state index contributed by atoms with van der Waals surface area (Å²) in [7, 11) is 0. The highest BCUT2D eigenvalue weighted by Gasteiger charge is 2.37. The molecule has 1 atom stereocenters. The Morgan fingerprint density at radius 2 is 1.86 bits per heavy atom. The van der Waals surface area contributed by atoms with E-state index >= 15 is 0 Å². The lowest BCUT2D eigenvalue weighted by atomic mass is 10.1. The number of ketones is 1. The highest BCUT2D eigenvalue weighted by Crippen LogP contribution is 2.28. The Bertz CT molecular complexity index is 745. The minimum absolute atomic E-state index is 0.303. The quantitative estimate of drug-likeness (QED) is 0.774. The van der Waals surface area contributed by atoms with Gasteiger partial charge < -0.3 is 19.9 Å². The van der Waals surface area contributed by atoms with E-state index in [2.05, 4.69) is 10.2 Å². The van der Waals surface area contributed by atoms with Crippen molar-refractivity contribution in [2.24, 2.45) is 0 Å². The maximum Gasteiger partial charge on any atom is 0.454 e. The lowest BCUT2D eigenvalue weighted by Crippen LogP contribution is -2.39. The number of allylic oxidation sites excluding steroid dienone is 1. The molecule has 0 saturated carbocycles. The van der Waals surface area contributed by atoms with Gasteiger partial charge in [0.25, 0.3) is 5.78 Å². The molecule has 152 valence electrons. The van der Waals surface area contributed by atoms with Gasteiger partial charge in [0, 0.05) is 31.9 Å². The van der Waals surface area contributed by atoms with E-state index in [1.165, 1.54) is 4.90 Å². The summed E-state index contributed by atoms with van der Waals surface area (Å²) >= 11 is 0. The number of likely N-dealkylation sites (tertiary alicyclic amines) is 1. The molecule has 1 aromatic rings. The summed E-state index contributed by atoms with van der Waals surface area (Å²) in [6.07, 6.45) is -2.19. The van der Waals surface area contributed by atoms with E-state index in [1.54, 1.807) is 6.07 Å². The van der Waals surface area contributed by atoms with Crippen LogP contribution in [0, 0.1) is 0 Å². The SMILES string of the molecule is O=C(Nc1ccccc1N1CCOCC1)C1CCCN1/C=C/C(=O)C(F)(F)F. The van der Waals surface area contributed by atoms with Gasteiger partial charge in [-0.15, -0.1) is 0 Å². The van der Waals surface area contributed by atoms with Gasteiger partial charge in [-0.05, 0) is 25.0 Å². The number of ether oxygens (including phenoxy) is 1. The van der Waals surface area contributed by atoms with Gasteiger partial charge in [0.15, 0.2) is 0 Å². The van der Waals surface area contributed by atoms with Crippen LogP contribution in [0.5, 0.6) is 0 Å². The van der Waals surface area contributed by atoms with Crippen LogP contribution in [0.25, 0.3) is 0 Å². The van der Waals surface area contributed by atoms with E-state index in [1.807, 2.05) is 18.2 Å². The minimum Gasteiger partial charge on any atom is -0.378 e. The number of rotatable bonds is 5. The van der Waals surface area contributed by atoms with Crippen molar-refractivity contribution in [3.8, 4) is 0 Å². The number of amides is 1. The monoisotopic (exact) mass is 397 g/mol. The number of benzene rings is 1. The lowest BCUT2D eigenvalue weighted by molar-refractivity contribution is -0.165. The van der Waals surface area contributed by atoms with Crippen molar-refractivity contribution in [2.75, 3.05) is 43.1 Å². The Labute approximate surface area is 160 Å². The molecule has 2 aliphatic rings. The summed E-state index contributed by atoms with van der Waals surface area (Å²) in [5, 5.41) is 2.89. The van der Waals surface area contributed by atoms with Gasteiger partial charge in [0.1, 0.15) is 6.04 Å². The molecule has 1 amide bonds. The highest BCUT2D eigenvalue weighted by molar-refractivity contribution is 5.98. The van der Waals surface area contributed by atoms with Crippen LogP contribution in [0.2, 0.25) is 0 Å². The Kier molecular flexibility index (Phi) is 6.23. The van der Waals surface area contributed by atoms with Crippen LogP contribution in [0.15, 0.2) is 36.5 Å². The summed E-state index contributed by atoms with van der Waals surface area (Å²) in [6, 6.07) is 6.79. The number of morpholine rings is 1. The van der Waals surface area contributed by atoms with Crippen molar-refractivity contribution < 1.29 is 27.5 Å². The number of carbonyl (C=O) groups is 2. The lowest BCUT2D eigenvalue weighted by Gasteiger charge is -2.31. The summed E-state index contributed by atoms with van der Waals surface area (Å²) in [4.78, 5) is 27.4. The molecule has 0 aliphatic carbocycles. The fraction of sp³-hybridized carbons (Fsp3) is 0.474. The van der Waals surface area contributed by atoms with Crippen LogP contribution in [0.3, 0.4) is 0 Å². The molecule has 2 heterocycles. The first-order valence-electron chi connectivity index (χ1n) is 9.14. The van der Waals surface area contributed by atoms with E-state index in [0.717, 1.165) is 11.9 Å². The first-order chi connectivity index (χ1) is 13.4. The molecular weight excluding hydrogens is 375 g/mol. The van der Waals surface area contributed by atoms with E-state index in [9.17, 15) is 22.8 Å². The number of carbonyl (C=O) groups excluding carboxylic acids is 2. The number of nitrogens with zero attached hydrogens (tertiary/aromatic N) is 2. The zero-order valence-corrected chi connectivity index (χ0v) is 15.2. The molecule has 2 saturated heterocycles. The van der Waals surface area contributed by atoms with Crippen molar-refractivity contribution >= 4 is 23.1 Å². The Morgan fingerprint density at radius 1 is 1.14 bits per heavy atom. The average Bonchev–Trinajstić information content (AvgIpc) is 3.15. The Balaban J connectivity index is 1.69. The first kappa shape index (κ1) is 20.2. The number of hydrogen-bond acceptors (Lipinski definition) is 5. The summed E-state index contributed by atoms with van der Waals surface area (Å²) in [6.45, 7) is 3.06. The van der Waals surface area contributed by atoms with Gasteiger partial charge >= 0.3 is 6.18 Å². The smallest absolute Gasteiger partial charge is 0.378 e. The zero-order chi connectivity index (χ0) is 20.1. The summed E-state index contributed by atoms with van der Waals surface area (Å²) in [5.41, 5.74) is 1.53. The van der Waals surface area contributed by atoms with Crippen molar-refractivity contribution in [1.82, 2.24) is 4.90 Å². The largest absolute Gasteiger partial charge is 0.454 e. The van der Waals surface area contributed by atoms with Gasteiger partial charge in [0.2, 0.25) is 5.91 Å². The van der Waals surface area contributed by atoms with Crippen LogP contribution in [-0.2, 0) is 14.3 Å². The molecule has 1 unspecified atom stereocenters. The van der Waals surface area contributed by atoms with Crippen LogP contribution >= 0.6 is 0 Å². The molecule has 28 heavy (non-hydrogen) atoms. The predicted molar refractivity (Wildman–Crippen MR) is 98.0 cm³/mol. The maximum absolute atomic E-state index is 12.8. The molecule has 2 aliphatic heterocycles. The number of halogens is 3. The summed E-state index contributed by atoms with van der Waals surface area (Å²) < 4.78 is 42.5. The molecule has 3 rings (SSSR count). The first-order valence-corrected chi connectivity index (χ1v) is 9.14. The van der Waals surface area contributed by atoms with Gasteiger partial charge in [-0.2, -0.15) is 13.2 Å². The maximum atomic E-state index is 12.8. The van der Waals surface area contributed by atoms with E-state index in [4.69, 9.17) is 4.74 Å². The number of nitrogens with one attached hydrogen (secondary N) is 1. The molecule has 1 aromatic carbocycles. The third kappa shape index (κ3) is 4.83. The fourth-order valence-electron chi connectivity index (χ4n) is 3.38. The molecule has 0 aromatic heterocycles. The number of hydrogen-bond donors (Lipinski definition) is 1. The van der Waals surface area contributed by atoms with Gasteiger partial charge in [-0.1, -0.05) is 12.1 Å². The van der Waals surface area contributed by atoms with Crippen molar-refractivity contribution in [3.05, 3.63) is 36.5 Å². The fourth-order valence-corrected chi connectivity index (χ4v) is 3.38. The van der Waals surface area contributed by atoms with Crippen LogP contribution in [0.1, 0.15) is 12.8 Å². The van der Waals surface area contributed by atoms with E-state index in [-0.39, 0.29) is 5.91 Å². The standard InChI is InChI=1S/C19H22F3N3O3/c20-19(21,22)17(26)7-9-24-8-3-6-16(24)18(27)23-14-4-1-2-5-15(14)25-10-12-28-13-11-25/h1-2,4-5,7,9,16H,3,6,8,10-13H2,(H,23,27)/b9-7+. The van der Waals surface area contributed by atoms with Gasteiger partial charge in [-0.25, -0.2) is 0 Å². The molecule has 9 heteroatoms. The Hall–Kier alpha value is -2.55. The van der Waals surface area contributed by atoms with Crippen LogP contribution in [-0.4, -0.2) is 61.7 Å². The second-order valence-corrected chi connectivity index (χ2v) is 6.68. The molecular formula is C19H22F3N3O3. The van der Waals surface area contributed by atoms with E-state index < -0.39 is 18.0 Å². The Morgan fingerprint density at radius 3 is 2.57 bits per heavy atom. The number of para-hydroxylation sites is 2. The normalized spacial score (nSPS) is 20.6. The highest BCUT2D eigenvalue weighted by atomic mass is 19.4. The predicted octanol–water partition coefficient (Wildman–Crippen LogP) is 2.57. The van der Waals surface area contributed by atoms with Crippen molar-refractivity contribution in [2.45, 2.75) is 25.1 Å². The number of alkyl halides is 3. The van der Waals surface area contributed by atoms with Crippen LogP contribution < -0.4 is 10.2 Å². The third-order valence-corrected chi connectivity index (χ3v) is 4.81. The topological polar surface area (TPSA) is 61.9 Å². The van der Waals surface area contributed by atoms with Crippen molar-refractivity contribution in [3.63, 3.8) is 0 Å². The van der Waals surface area contributed by atoms with Gasteiger partial charge in [0.05, 0.1) is 24.6 Å². The summed E-state index contributed by atoms with van der Waals surface area (Å²) in [5.74, 6) is -2.24. The molecule has 2 fully saturated rings. The second kappa shape index (κ2) is 8.64. The zero-order valence-electron chi connectivity index (χ0n) is 15.2. The van der Waals surface area contributed by atoms with Crippen LogP contribution in [0.4, 0.5) is 24.5 Å². The average molecular weight is 397 g/mol. The van der Waals surface area contributed by atoms with Gasteiger partial charge in [-0.3, -0.25) is 9.59 Å². The minimum atomic E-state index is -4.91. The molecule has 1 N–H and O–H groups in total. The molecule has 0 spiro atoms. The molecule has 0 radical (unpaired) electrons. The second-order valence-electron chi connectivity index (χ2n) is 6.68.